The van der Waals surface area contributed by atoms with Gasteiger partial charge < -0.3 is 20.1 Å². The van der Waals surface area contributed by atoms with E-state index in [-0.39, 0.29) is 36.8 Å². The summed E-state index contributed by atoms with van der Waals surface area (Å²) in [5, 5.41) is 15.4. The van der Waals surface area contributed by atoms with Crippen molar-refractivity contribution < 1.29 is 14.3 Å². The Hall–Kier alpha value is -2.39. The molecule has 1 saturated heterocycles. The van der Waals surface area contributed by atoms with Crippen molar-refractivity contribution in [2.24, 2.45) is 5.92 Å². The molecule has 5 rings (SSSR count). The van der Waals surface area contributed by atoms with Gasteiger partial charge in [-0.3, -0.25) is 9.89 Å². The predicted octanol–water partition coefficient (Wildman–Crippen LogP) is 5.38. The maximum Gasteiger partial charge on any atom is 0.258 e. The van der Waals surface area contributed by atoms with Crippen LogP contribution in [0.4, 0.5) is 0 Å². The number of amides is 1. The molecule has 2 aromatic carbocycles. The quantitative estimate of drug-likeness (QED) is 0.323. The Morgan fingerprint density at radius 2 is 1.92 bits per heavy atom. The molecule has 0 spiro atoms. The van der Waals surface area contributed by atoms with Crippen LogP contribution in [0.3, 0.4) is 0 Å². The lowest BCUT2D eigenvalue weighted by Crippen LogP contribution is -2.44. The normalized spacial score (nSPS) is 15.7. The third-order valence-corrected chi connectivity index (χ3v) is 8.09. The number of halogens is 2. The summed E-state index contributed by atoms with van der Waals surface area (Å²) in [5.74, 6) is 2.00. The number of hydrogen-bond donors (Lipinski definition) is 3. The first-order valence-corrected chi connectivity index (χ1v) is 13.1. The molecule has 200 valence electrons. The van der Waals surface area contributed by atoms with Crippen LogP contribution < -0.4 is 20.1 Å². The Morgan fingerprint density at radius 3 is 2.68 bits per heavy atom. The maximum absolute atomic E-state index is 13.4. The van der Waals surface area contributed by atoms with Crippen molar-refractivity contribution in [2.45, 2.75) is 43.0 Å². The van der Waals surface area contributed by atoms with E-state index in [1.807, 2.05) is 30.3 Å². The summed E-state index contributed by atoms with van der Waals surface area (Å²) in [6.07, 6.45) is 6.79. The van der Waals surface area contributed by atoms with Crippen LogP contribution in [0.15, 0.2) is 46.2 Å². The van der Waals surface area contributed by atoms with Gasteiger partial charge in [0.05, 0.1) is 30.3 Å². The predicted molar refractivity (Wildman–Crippen MR) is 154 cm³/mol. The van der Waals surface area contributed by atoms with Gasteiger partial charge in [0.2, 0.25) is 0 Å². The minimum Gasteiger partial charge on any atom is -0.493 e. The number of ether oxygens (including phenoxy) is 2. The zero-order valence-electron chi connectivity index (χ0n) is 21.0. The summed E-state index contributed by atoms with van der Waals surface area (Å²) < 4.78 is 11.1. The van der Waals surface area contributed by atoms with Crippen LogP contribution >= 0.6 is 36.6 Å². The van der Waals surface area contributed by atoms with Crippen molar-refractivity contribution in [1.82, 2.24) is 20.8 Å². The van der Waals surface area contributed by atoms with Crippen molar-refractivity contribution in [1.29, 1.82) is 0 Å². The summed E-state index contributed by atoms with van der Waals surface area (Å²) in [6, 6.07) is 12.2. The van der Waals surface area contributed by atoms with Crippen molar-refractivity contribution in [3.8, 4) is 11.5 Å². The SMILES string of the molecule is COc1cccc(CCCC(NC(=O)C2=Cc3n[nH]c4cccc(c34)S2)C2CCNCC2)c1OC.Cl.Cl. The lowest BCUT2D eigenvalue weighted by Gasteiger charge is -2.32. The molecule has 1 amide bonds. The van der Waals surface area contributed by atoms with E-state index in [2.05, 4.69) is 33.0 Å². The molecule has 3 heterocycles. The molecular weight excluding hydrogens is 531 g/mol. The fourth-order valence-electron chi connectivity index (χ4n) is 5.21. The largest absolute Gasteiger partial charge is 0.493 e. The Labute approximate surface area is 234 Å². The number of H-pyrrole nitrogens is 1. The number of nitrogens with zero attached hydrogens (tertiary/aromatic N) is 1. The van der Waals surface area contributed by atoms with Gasteiger partial charge >= 0.3 is 0 Å². The molecule has 1 fully saturated rings. The van der Waals surface area contributed by atoms with Crippen molar-refractivity contribution in [3.05, 3.63) is 52.6 Å². The van der Waals surface area contributed by atoms with Crippen LogP contribution in [-0.2, 0) is 11.2 Å². The molecule has 3 aromatic rings. The van der Waals surface area contributed by atoms with Crippen molar-refractivity contribution >= 4 is 59.5 Å². The standard InChI is InChI=1S/C27H32N4O3S.2ClH/c1-33-22-10-4-7-18(26(22)34-2)6-3-8-19(17-12-14-28-15-13-17)29-27(32)24-16-21-25-20(30-31-21)9-5-11-23(25)35-24;;/h4-5,7,9-11,16-17,19,28H,3,6,8,12-15H2,1-2H3,(H,29,32)(H,30,31);2*1H. The number of carbonyl (C=O) groups excluding carboxylic acids is 1. The maximum atomic E-state index is 13.4. The van der Waals surface area contributed by atoms with Gasteiger partial charge in [-0.05, 0) is 81.0 Å². The van der Waals surface area contributed by atoms with Gasteiger partial charge in [0.1, 0.15) is 0 Å². The number of methoxy groups -OCH3 is 2. The summed E-state index contributed by atoms with van der Waals surface area (Å²) in [5.41, 5.74) is 2.97. The zero-order valence-corrected chi connectivity index (χ0v) is 23.5. The molecule has 2 aliphatic rings. The van der Waals surface area contributed by atoms with Gasteiger partial charge in [0.25, 0.3) is 5.91 Å². The highest BCUT2D eigenvalue weighted by molar-refractivity contribution is 8.04. The van der Waals surface area contributed by atoms with Crippen LogP contribution in [0, 0.1) is 5.92 Å². The minimum atomic E-state index is -0.0110. The molecule has 7 nitrogen and oxygen atoms in total. The third kappa shape index (κ3) is 6.37. The summed E-state index contributed by atoms with van der Waals surface area (Å²) in [7, 11) is 3.34. The number of thioether (sulfide) groups is 1. The second kappa shape index (κ2) is 13.4. The fraction of sp³-hybridized carbons (Fsp3) is 0.407. The number of aromatic nitrogens is 2. The van der Waals surface area contributed by atoms with Crippen molar-refractivity contribution in [3.63, 3.8) is 0 Å². The van der Waals surface area contributed by atoms with E-state index in [0.717, 1.165) is 83.7 Å². The van der Waals surface area contributed by atoms with E-state index in [9.17, 15) is 4.79 Å². The Balaban J connectivity index is 0.00000190. The van der Waals surface area contributed by atoms with Crippen LogP contribution in [0.5, 0.6) is 11.5 Å². The summed E-state index contributed by atoms with van der Waals surface area (Å²) >= 11 is 1.53. The number of aromatic amines is 1. The number of aryl methyl sites for hydroxylation is 1. The summed E-state index contributed by atoms with van der Waals surface area (Å²) in [6.45, 7) is 1.99. The van der Waals surface area contributed by atoms with Gasteiger partial charge in [-0.2, -0.15) is 5.10 Å². The number of carbonyl (C=O) groups is 1. The Bertz CT molecular complexity index is 1240. The Kier molecular flexibility index (Phi) is 10.6. The number of para-hydroxylation sites is 1. The van der Waals surface area contributed by atoms with Gasteiger partial charge in [-0.1, -0.05) is 30.0 Å². The van der Waals surface area contributed by atoms with E-state index in [0.29, 0.717) is 10.8 Å². The van der Waals surface area contributed by atoms with E-state index in [4.69, 9.17) is 9.47 Å². The number of benzene rings is 2. The average Bonchev–Trinajstić information content (AvgIpc) is 3.32. The van der Waals surface area contributed by atoms with Gasteiger partial charge in [0.15, 0.2) is 11.5 Å². The van der Waals surface area contributed by atoms with E-state index in [1.165, 1.54) is 11.8 Å². The van der Waals surface area contributed by atoms with Crippen molar-refractivity contribution in [2.75, 3.05) is 27.3 Å². The van der Waals surface area contributed by atoms with Crippen LogP contribution in [0.2, 0.25) is 0 Å². The highest BCUT2D eigenvalue weighted by Gasteiger charge is 2.28. The second-order valence-corrected chi connectivity index (χ2v) is 10.2. The number of rotatable bonds is 9. The van der Waals surface area contributed by atoms with Gasteiger partial charge in [0, 0.05) is 16.3 Å². The van der Waals surface area contributed by atoms with Crippen LogP contribution in [0.1, 0.15) is 36.9 Å². The molecule has 1 aromatic heterocycles. The second-order valence-electron chi connectivity index (χ2n) is 9.11. The smallest absolute Gasteiger partial charge is 0.258 e. The molecular formula is C27H34Cl2N4O3S. The first kappa shape index (κ1) is 29.2. The number of piperidine rings is 1. The van der Waals surface area contributed by atoms with Crippen LogP contribution in [0.25, 0.3) is 17.0 Å². The molecule has 10 heteroatoms. The molecule has 0 radical (unpaired) electrons. The molecule has 3 N–H and O–H groups in total. The van der Waals surface area contributed by atoms with Gasteiger partial charge in [-0.25, -0.2) is 0 Å². The molecule has 0 saturated carbocycles. The number of hydrogen-bond acceptors (Lipinski definition) is 6. The average molecular weight is 566 g/mol. The van der Waals surface area contributed by atoms with Gasteiger partial charge in [-0.15, -0.1) is 24.8 Å². The van der Waals surface area contributed by atoms with Crippen LogP contribution in [-0.4, -0.2) is 49.5 Å². The lowest BCUT2D eigenvalue weighted by atomic mass is 9.86. The first-order valence-electron chi connectivity index (χ1n) is 12.3. The Morgan fingerprint density at radius 1 is 1.14 bits per heavy atom. The highest BCUT2D eigenvalue weighted by Crippen LogP contribution is 2.40. The molecule has 0 aliphatic carbocycles. The molecule has 1 atom stereocenters. The summed E-state index contributed by atoms with van der Waals surface area (Å²) in [4.78, 5) is 15.2. The third-order valence-electron chi connectivity index (χ3n) is 7.01. The topological polar surface area (TPSA) is 88.3 Å². The van der Waals surface area contributed by atoms with E-state index >= 15 is 0 Å². The van der Waals surface area contributed by atoms with E-state index in [1.54, 1.807) is 14.2 Å². The molecule has 2 aliphatic heterocycles. The lowest BCUT2D eigenvalue weighted by molar-refractivity contribution is -0.117. The first-order chi connectivity index (χ1) is 17.2. The number of nitrogens with one attached hydrogen (secondary N) is 3. The van der Waals surface area contributed by atoms with E-state index < -0.39 is 0 Å². The fourth-order valence-corrected chi connectivity index (χ4v) is 6.24. The molecule has 1 unspecified atom stereocenters. The molecule has 37 heavy (non-hydrogen) atoms. The molecule has 0 bridgehead atoms. The highest BCUT2D eigenvalue weighted by atomic mass is 35.5. The monoisotopic (exact) mass is 564 g/mol. The zero-order chi connectivity index (χ0) is 24.2. The minimum absolute atomic E-state index is 0.